The minimum Gasteiger partial charge on any atom is -0.480 e. The van der Waals surface area contributed by atoms with Gasteiger partial charge in [-0.15, -0.1) is 24.8 Å². The maximum absolute atomic E-state index is 10.6. The third-order valence-corrected chi connectivity index (χ3v) is 1.70. The summed E-state index contributed by atoms with van der Waals surface area (Å²) in [5.74, 6) is -0.770. The van der Waals surface area contributed by atoms with Gasteiger partial charge in [-0.3, -0.25) is 4.79 Å². The molecule has 0 amide bonds. The highest BCUT2D eigenvalue weighted by Crippen LogP contribution is 1.99. The van der Waals surface area contributed by atoms with Crippen molar-refractivity contribution in [3.8, 4) is 0 Å². The molecule has 0 aromatic rings. The lowest BCUT2D eigenvalue weighted by molar-refractivity contribution is -0.139. The van der Waals surface area contributed by atoms with Gasteiger partial charge in [0, 0.05) is 0 Å². The van der Waals surface area contributed by atoms with Gasteiger partial charge in [0.05, 0.1) is 0 Å². The SMILES string of the molecule is CCNC(CCCCN)C(=O)O.Cl.Cl. The molecule has 6 heteroatoms. The molecule has 1 atom stereocenters. The standard InChI is InChI=1S/C8H18N2O2.2ClH/c1-2-10-7(8(11)12)5-3-4-6-9;;/h7,10H,2-6,9H2,1H3,(H,11,12);2*1H. The Hall–Kier alpha value is -0.0300. The molecule has 4 N–H and O–H groups in total. The predicted molar refractivity (Wildman–Crippen MR) is 62.5 cm³/mol. The maximum atomic E-state index is 10.6. The molecule has 88 valence electrons. The highest BCUT2D eigenvalue weighted by molar-refractivity contribution is 5.85. The van der Waals surface area contributed by atoms with E-state index in [0.717, 1.165) is 12.8 Å². The molecule has 0 aliphatic carbocycles. The summed E-state index contributed by atoms with van der Waals surface area (Å²) >= 11 is 0. The van der Waals surface area contributed by atoms with Gasteiger partial charge in [-0.05, 0) is 25.9 Å². The Kier molecular flexibility index (Phi) is 18.1. The minimum atomic E-state index is -0.770. The summed E-state index contributed by atoms with van der Waals surface area (Å²) in [5.41, 5.74) is 5.30. The number of rotatable bonds is 7. The molecule has 0 saturated carbocycles. The van der Waals surface area contributed by atoms with Gasteiger partial charge < -0.3 is 16.2 Å². The molecule has 0 heterocycles. The lowest BCUT2D eigenvalue weighted by atomic mass is 10.1. The van der Waals surface area contributed by atoms with E-state index < -0.39 is 12.0 Å². The fraction of sp³-hybridized carbons (Fsp3) is 0.875. The summed E-state index contributed by atoms with van der Waals surface area (Å²) in [4.78, 5) is 10.6. The number of nitrogens with two attached hydrogens (primary N) is 1. The molecule has 4 nitrogen and oxygen atoms in total. The smallest absolute Gasteiger partial charge is 0.320 e. The van der Waals surface area contributed by atoms with Crippen LogP contribution in [0.5, 0.6) is 0 Å². The van der Waals surface area contributed by atoms with Crippen molar-refractivity contribution < 1.29 is 9.90 Å². The topological polar surface area (TPSA) is 75.3 Å². The van der Waals surface area contributed by atoms with E-state index in [-0.39, 0.29) is 24.8 Å². The van der Waals surface area contributed by atoms with Crippen LogP contribution in [0.4, 0.5) is 0 Å². The van der Waals surface area contributed by atoms with E-state index in [1.807, 2.05) is 6.92 Å². The number of carboxylic acid groups (broad SMARTS) is 1. The van der Waals surface area contributed by atoms with E-state index in [1.165, 1.54) is 0 Å². The van der Waals surface area contributed by atoms with E-state index in [1.54, 1.807) is 0 Å². The molecule has 0 aliphatic rings. The van der Waals surface area contributed by atoms with Crippen molar-refractivity contribution in [3.05, 3.63) is 0 Å². The number of nitrogens with one attached hydrogen (secondary N) is 1. The monoisotopic (exact) mass is 246 g/mol. The molecule has 0 aliphatic heterocycles. The lowest BCUT2D eigenvalue weighted by Crippen LogP contribution is -2.36. The second kappa shape index (κ2) is 13.0. The average molecular weight is 247 g/mol. The summed E-state index contributed by atoms with van der Waals surface area (Å²) < 4.78 is 0. The molecule has 0 bridgehead atoms. The van der Waals surface area contributed by atoms with Crippen molar-refractivity contribution in [3.63, 3.8) is 0 Å². The molecule has 0 aromatic carbocycles. The first kappa shape index (κ1) is 19.5. The van der Waals surface area contributed by atoms with Crippen molar-refractivity contribution in [1.82, 2.24) is 5.32 Å². The zero-order valence-electron chi connectivity index (χ0n) is 8.36. The molecule has 14 heavy (non-hydrogen) atoms. The zero-order chi connectivity index (χ0) is 9.40. The number of likely N-dealkylation sites (N-methyl/N-ethyl adjacent to an activating group) is 1. The van der Waals surface area contributed by atoms with Crippen molar-refractivity contribution in [2.75, 3.05) is 13.1 Å². The first-order valence-corrected chi connectivity index (χ1v) is 4.38. The number of unbranched alkanes of at least 4 members (excludes halogenated alkanes) is 1. The number of hydrogen-bond donors (Lipinski definition) is 3. The molecule has 0 rings (SSSR count). The second-order valence-corrected chi connectivity index (χ2v) is 2.73. The van der Waals surface area contributed by atoms with Crippen LogP contribution in [0.15, 0.2) is 0 Å². The highest BCUT2D eigenvalue weighted by atomic mass is 35.5. The number of halogens is 2. The molecular formula is C8H20Cl2N2O2. The maximum Gasteiger partial charge on any atom is 0.320 e. The van der Waals surface area contributed by atoms with Gasteiger partial charge in [-0.1, -0.05) is 13.3 Å². The lowest BCUT2D eigenvalue weighted by Gasteiger charge is -2.11. The summed E-state index contributed by atoms with van der Waals surface area (Å²) in [5, 5.41) is 11.6. The third-order valence-electron chi connectivity index (χ3n) is 1.70. The first-order chi connectivity index (χ1) is 5.72. The van der Waals surface area contributed by atoms with Gasteiger partial charge in [0.1, 0.15) is 6.04 Å². The fourth-order valence-electron chi connectivity index (χ4n) is 1.05. The van der Waals surface area contributed by atoms with Gasteiger partial charge in [0.15, 0.2) is 0 Å². The second-order valence-electron chi connectivity index (χ2n) is 2.73. The molecule has 1 unspecified atom stereocenters. The van der Waals surface area contributed by atoms with E-state index >= 15 is 0 Å². The molecule has 0 spiro atoms. The Labute approximate surface area is 97.4 Å². The van der Waals surface area contributed by atoms with Crippen molar-refractivity contribution >= 4 is 30.8 Å². The first-order valence-electron chi connectivity index (χ1n) is 4.38. The molecular weight excluding hydrogens is 227 g/mol. The quantitative estimate of drug-likeness (QED) is 0.587. The Balaban J connectivity index is -0.000000605. The van der Waals surface area contributed by atoms with E-state index in [9.17, 15) is 4.79 Å². The summed E-state index contributed by atoms with van der Waals surface area (Å²) in [6, 6.07) is -0.401. The van der Waals surface area contributed by atoms with Crippen LogP contribution in [-0.4, -0.2) is 30.2 Å². The number of hydrogen-bond acceptors (Lipinski definition) is 3. The number of carboxylic acids is 1. The van der Waals surface area contributed by atoms with E-state index in [0.29, 0.717) is 19.5 Å². The van der Waals surface area contributed by atoms with Gasteiger partial charge >= 0.3 is 5.97 Å². The van der Waals surface area contributed by atoms with Crippen LogP contribution in [-0.2, 0) is 4.79 Å². The Morgan fingerprint density at radius 3 is 2.36 bits per heavy atom. The number of carbonyl (C=O) groups is 1. The zero-order valence-corrected chi connectivity index (χ0v) is 10.00. The summed E-state index contributed by atoms with van der Waals surface area (Å²) in [7, 11) is 0. The minimum absolute atomic E-state index is 0. The van der Waals surface area contributed by atoms with Crippen LogP contribution in [0.25, 0.3) is 0 Å². The van der Waals surface area contributed by atoms with E-state index in [2.05, 4.69) is 5.32 Å². The van der Waals surface area contributed by atoms with E-state index in [4.69, 9.17) is 10.8 Å². The van der Waals surface area contributed by atoms with Crippen LogP contribution in [0.3, 0.4) is 0 Å². The van der Waals surface area contributed by atoms with Gasteiger partial charge in [-0.2, -0.15) is 0 Å². The largest absolute Gasteiger partial charge is 0.480 e. The molecule has 0 fully saturated rings. The highest BCUT2D eigenvalue weighted by Gasteiger charge is 2.14. The van der Waals surface area contributed by atoms with Crippen LogP contribution >= 0.6 is 24.8 Å². The molecule has 0 saturated heterocycles. The predicted octanol–water partition coefficient (Wildman–Crippen LogP) is 1.02. The van der Waals surface area contributed by atoms with Crippen molar-refractivity contribution in [2.24, 2.45) is 5.73 Å². The Bertz CT molecular complexity index is 137. The summed E-state index contributed by atoms with van der Waals surface area (Å²) in [6.07, 6.45) is 2.44. The van der Waals surface area contributed by atoms with Crippen LogP contribution in [0.2, 0.25) is 0 Å². The van der Waals surface area contributed by atoms with Gasteiger partial charge in [0.2, 0.25) is 0 Å². The van der Waals surface area contributed by atoms with Crippen molar-refractivity contribution in [1.29, 1.82) is 0 Å². The van der Waals surface area contributed by atoms with Gasteiger partial charge in [-0.25, -0.2) is 0 Å². The third kappa shape index (κ3) is 10.1. The van der Waals surface area contributed by atoms with Crippen molar-refractivity contribution in [2.45, 2.75) is 32.2 Å². The van der Waals surface area contributed by atoms with Gasteiger partial charge in [0.25, 0.3) is 0 Å². The van der Waals surface area contributed by atoms with Crippen LogP contribution in [0.1, 0.15) is 26.2 Å². The Morgan fingerprint density at radius 2 is 2.00 bits per heavy atom. The van der Waals surface area contributed by atoms with Crippen LogP contribution < -0.4 is 11.1 Å². The number of aliphatic carboxylic acids is 1. The molecule has 0 aromatic heterocycles. The normalized spacial score (nSPS) is 11.0. The van der Waals surface area contributed by atoms with Crippen LogP contribution in [0, 0.1) is 0 Å². The average Bonchev–Trinajstić information content (AvgIpc) is 2.03. The summed E-state index contributed by atoms with van der Waals surface area (Å²) in [6.45, 7) is 3.23. The molecule has 0 radical (unpaired) electrons. The Morgan fingerprint density at radius 1 is 1.43 bits per heavy atom. The fourth-order valence-corrected chi connectivity index (χ4v) is 1.05.